The number of hydrogen-bond acceptors (Lipinski definition) is 3. The Hall–Kier alpha value is -0.590. The maximum absolute atomic E-state index is 11.1. The van der Waals surface area contributed by atoms with Gasteiger partial charge in [0.15, 0.2) is 0 Å². The normalized spacial score (nSPS) is 13.6. The fourth-order valence-electron chi connectivity index (χ4n) is 1.47. The molecule has 0 heterocycles. The Balaban J connectivity index is 2.60. The summed E-state index contributed by atoms with van der Waals surface area (Å²) in [6.45, 7) is 4.26. The number of nitrogens with two attached hydrogens (primary N) is 1. The molecule has 0 saturated carbocycles. The summed E-state index contributed by atoms with van der Waals surface area (Å²) in [6, 6.07) is 7.41. The molecule has 0 amide bonds. The molecule has 1 atom stereocenters. The molecule has 6 heteroatoms. The summed E-state index contributed by atoms with van der Waals surface area (Å²) in [5.74, 6) is 0.752. The van der Waals surface area contributed by atoms with Crippen LogP contribution in [0.4, 0.5) is 0 Å². The molecule has 0 aliphatic carbocycles. The molecular weight excluding hydrogens is 318 g/mol. The highest BCUT2D eigenvalue weighted by atomic mass is 79.9. The van der Waals surface area contributed by atoms with E-state index >= 15 is 0 Å². The van der Waals surface area contributed by atoms with Gasteiger partial charge in [0.05, 0.1) is 12.4 Å². The Bertz CT molecular complexity index is 471. The van der Waals surface area contributed by atoms with Gasteiger partial charge in [-0.3, -0.25) is 0 Å². The van der Waals surface area contributed by atoms with Crippen LogP contribution >= 0.6 is 15.9 Å². The molecule has 0 aromatic heterocycles. The topological polar surface area (TPSA) is 69.4 Å². The van der Waals surface area contributed by atoms with E-state index in [1.165, 1.54) is 0 Å². The van der Waals surface area contributed by atoms with Crippen LogP contribution in [0.1, 0.15) is 13.8 Å². The average Bonchev–Trinajstić information content (AvgIpc) is 2.24. The number of ether oxygens (including phenoxy) is 1. The highest BCUT2D eigenvalue weighted by molar-refractivity contribution is 9.10. The molecule has 1 unspecified atom stereocenters. The number of benzene rings is 1. The van der Waals surface area contributed by atoms with Crippen LogP contribution in [-0.2, 0) is 10.0 Å². The van der Waals surface area contributed by atoms with E-state index in [1.807, 2.05) is 38.1 Å². The third-order valence-electron chi connectivity index (χ3n) is 2.67. The Morgan fingerprint density at radius 3 is 2.28 bits per heavy atom. The lowest BCUT2D eigenvalue weighted by atomic mass is 9.99. The zero-order valence-electron chi connectivity index (χ0n) is 10.5. The van der Waals surface area contributed by atoms with Gasteiger partial charge >= 0.3 is 0 Å². The van der Waals surface area contributed by atoms with Gasteiger partial charge in [0.2, 0.25) is 10.0 Å². The summed E-state index contributed by atoms with van der Waals surface area (Å²) in [5, 5.41) is 5.07. The quantitative estimate of drug-likeness (QED) is 0.867. The fraction of sp³-hybridized carbons (Fsp3) is 0.500. The van der Waals surface area contributed by atoms with Crippen molar-refractivity contribution in [1.82, 2.24) is 0 Å². The molecule has 1 rings (SSSR count). The molecule has 0 aliphatic heterocycles. The van der Waals surface area contributed by atoms with E-state index in [-0.39, 0.29) is 17.6 Å². The molecule has 2 N–H and O–H groups in total. The first-order chi connectivity index (χ1) is 8.28. The van der Waals surface area contributed by atoms with Crippen molar-refractivity contribution in [3.63, 3.8) is 0 Å². The maximum Gasteiger partial charge on any atom is 0.209 e. The average molecular weight is 336 g/mol. The smallest absolute Gasteiger partial charge is 0.209 e. The van der Waals surface area contributed by atoms with E-state index in [0.717, 1.165) is 10.2 Å². The fourth-order valence-corrected chi connectivity index (χ4v) is 2.81. The first-order valence-electron chi connectivity index (χ1n) is 5.67. The van der Waals surface area contributed by atoms with Crippen molar-refractivity contribution in [2.45, 2.75) is 13.8 Å². The number of halogens is 1. The molecule has 0 saturated heterocycles. The van der Waals surface area contributed by atoms with Gasteiger partial charge in [0.25, 0.3) is 0 Å². The Morgan fingerprint density at radius 2 is 1.83 bits per heavy atom. The van der Waals surface area contributed by atoms with Gasteiger partial charge in [-0.2, -0.15) is 0 Å². The Labute approximate surface area is 117 Å². The maximum atomic E-state index is 11.1. The molecule has 0 bridgehead atoms. The van der Waals surface area contributed by atoms with E-state index < -0.39 is 10.0 Å². The molecule has 0 fully saturated rings. The Kier molecular flexibility index (Phi) is 5.62. The van der Waals surface area contributed by atoms with Crippen LogP contribution in [0.25, 0.3) is 0 Å². The number of rotatable bonds is 6. The standard InChI is InChI=1S/C12H18BrNO3S/c1-9(2)10(8-18(14,15)16)7-17-12-5-3-11(13)4-6-12/h3-6,9-10H,7-8H2,1-2H3,(H2,14,15,16). The summed E-state index contributed by atoms with van der Waals surface area (Å²) in [4.78, 5) is 0. The summed E-state index contributed by atoms with van der Waals surface area (Å²) in [5.41, 5.74) is 0. The second-order valence-electron chi connectivity index (χ2n) is 4.60. The monoisotopic (exact) mass is 335 g/mol. The van der Waals surface area contributed by atoms with Crippen molar-refractivity contribution in [3.05, 3.63) is 28.7 Å². The summed E-state index contributed by atoms with van der Waals surface area (Å²) in [7, 11) is -3.47. The third-order valence-corrected chi connectivity index (χ3v) is 4.09. The zero-order valence-corrected chi connectivity index (χ0v) is 12.9. The minimum absolute atomic E-state index is 0.0544. The van der Waals surface area contributed by atoms with E-state index in [0.29, 0.717) is 6.61 Å². The molecule has 4 nitrogen and oxygen atoms in total. The van der Waals surface area contributed by atoms with Crippen LogP contribution in [0.3, 0.4) is 0 Å². The van der Waals surface area contributed by atoms with Gasteiger partial charge in [-0.15, -0.1) is 0 Å². The minimum atomic E-state index is -3.47. The minimum Gasteiger partial charge on any atom is -0.493 e. The second kappa shape index (κ2) is 6.54. The van der Waals surface area contributed by atoms with Gasteiger partial charge in [0, 0.05) is 10.4 Å². The van der Waals surface area contributed by atoms with Crippen molar-refractivity contribution in [1.29, 1.82) is 0 Å². The first-order valence-corrected chi connectivity index (χ1v) is 8.17. The molecule has 1 aromatic carbocycles. The van der Waals surface area contributed by atoms with Crippen molar-refractivity contribution in [2.75, 3.05) is 12.4 Å². The molecule has 0 aliphatic rings. The SMILES string of the molecule is CC(C)C(COc1ccc(Br)cc1)CS(N)(=O)=O. The molecule has 0 spiro atoms. The van der Waals surface area contributed by atoms with Crippen LogP contribution in [0.5, 0.6) is 5.75 Å². The molecule has 1 aromatic rings. The van der Waals surface area contributed by atoms with E-state index in [1.54, 1.807) is 0 Å². The summed E-state index contributed by atoms with van der Waals surface area (Å²) >= 11 is 3.34. The predicted molar refractivity (Wildman–Crippen MR) is 75.9 cm³/mol. The summed E-state index contributed by atoms with van der Waals surface area (Å²) < 4.78 is 28.8. The molecule has 18 heavy (non-hydrogen) atoms. The Morgan fingerprint density at radius 1 is 1.28 bits per heavy atom. The van der Waals surface area contributed by atoms with Gasteiger partial charge in [-0.25, -0.2) is 13.6 Å². The van der Waals surface area contributed by atoms with E-state index in [4.69, 9.17) is 9.88 Å². The van der Waals surface area contributed by atoms with Crippen LogP contribution in [0.2, 0.25) is 0 Å². The lowest BCUT2D eigenvalue weighted by Crippen LogP contribution is -2.30. The highest BCUT2D eigenvalue weighted by Crippen LogP contribution is 2.19. The number of hydrogen-bond donors (Lipinski definition) is 1. The van der Waals surface area contributed by atoms with Crippen LogP contribution < -0.4 is 9.88 Å². The van der Waals surface area contributed by atoms with Gasteiger partial charge < -0.3 is 4.74 Å². The van der Waals surface area contributed by atoms with E-state index in [9.17, 15) is 8.42 Å². The number of primary sulfonamides is 1. The third kappa shape index (κ3) is 5.84. The molecule has 0 radical (unpaired) electrons. The lowest BCUT2D eigenvalue weighted by Gasteiger charge is -2.20. The van der Waals surface area contributed by atoms with Gasteiger partial charge in [-0.1, -0.05) is 29.8 Å². The van der Waals surface area contributed by atoms with Crippen molar-refractivity contribution in [3.8, 4) is 5.75 Å². The summed E-state index contributed by atoms with van der Waals surface area (Å²) in [6.07, 6.45) is 0. The van der Waals surface area contributed by atoms with Crippen molar-refractivity contribution < 1.29 is 13.2 Å². The zero-order chi connectivity index (χ0) is 13.8. The van der Waals surface area contributed by atoms with Gasteiger partial charge in [-0.05, 0) is 30.2 Å². The second-order valence-corrected chi connectivity index (χ2v) is 7.17. The van der Waals surface area contributed by atoms with Crippen molar-refractivity contribution >= 4 is 26.0 Å². The lowest BCUT2D eigenvalue weighted by molar-refractivity contribution is 0.225. The first kappa shape index (κ1) is 15.5. The number of sulfonamides is 1. The molecular formula is C12H18BrNO3S. The highest BCUT2D eigenvalue weighted by Gasteiger charge is 2.20. The van der Waals surface area contributed by atoms with Crippen molar-refractivity contribution in [2.24, 2.45) is 17.0 Å². The predicted octanol–water partition coefficient (Wildman–Crippen LogP) is 2.39. The van der Waals surface area contributed by atoms with Gasteiger partial charge in [0.1, 0.15) is 5.75 Å². The largest absolute Gasteiger partial charge is 0.493 e. The molecule has 102 valence electrons. The van der Waals surface area contributed by atoms with Crippen LogP contribution in [0, 0.1) is 11.8 Å². The van der Waals surface area contributed by atoms with E-state index in [2.05, 4.69) is 15.9 Å². The van der Waals surface area contributed by atoms with Crippen LogP contribution in [0.15, 0.2) is 28.7 Å². The van der Waals surface area contributed by atoms with Crippen LogP contribution in [-0.4, -0.2) is 20.8 Å².